The summed E-state index contributed by atoms with van der Waals surface area (Å²) in [6.07, 6.45) is 1.54. The maximum Gasteiger partial charge on any atom is 0.253 e. The summed E-state index contributed by atoms with van der Waals surface area (Å²) in [7, 11) is 1.50. The maximum absolute atomic E-state index is 12.7. The molecule has 3 rings (SSSR count). The van der Waals surface area contributed by atoms with E-state index in [2.05, 4.69) is 11.4 Å². The molecular formula is C19H22N2O3S. The Hall–Kier alpha value is -2.18. The van der Waals surface area contributed by atoms with Crippen LogP contribution in [0, 0.1) is 0 Å². The molecule has 0 unspecified atom stereocenters. The quantitative estimate of drug-likeness (QED) is 0.894. The number of ether oxygens (including phenoxy) is 1. The molecule has 1 aromatic carbocycles. The fourth-order valence-corrected chi connectivity index (χ4v) is 3.76. The molecular weight excluding hydrogens is 336 g/mol. The third kappa shape index (κ3) is 4.46. The highest BCUT2D eigenvalue weighted by molar-refractivity contribution is 7.13. The highest BCUT2D eigenvalue weighted by Gasteiger charge is 2.24. The van der Waals surface area contributed by atoms with Crippen molar-refractivity contribution < 1.29 is 14.3 Å². The number of rotatable bonds is 5. The molecule has 1 aromatic heterocycles. The van der Waals surface area contributed by atoms with Crippen LogP contribution in [0.3, 0.4) is 0 Å². The van der Waals surface area contributed by atoms with Crippen molar-refractivity contribution in [1.29, 1.82) is 0 Å². The lowest BCUT2D eigenvalue weighted by atomic mass is 10.0. The van der Waals surface area contributed by atoms with Crippen LogP contribution in [-0.2, 0) is 9.53 Å². The topological polar surface area (TPSA) is 58.6 Å². The number of piperidine rings is 1. The van der Waals surface area contributed by atoms with E-state index in [0.717, 1.165) is 18.4 Å². The van der Waals surface area contributed by atoms with Crippen molar-refractivity contribution in [2.24, 2.45) is 0 Å². The fourth-order valence-electron chi connectivity index (χ4n) is 3.03. The summed E-state index contributed by atoms with van der Waals surface area (Å²) in [5.74, 6) is -0.0455. The summed E-state index contributed by atoms with van der Waals surface area (Å²) >= 11 is 1.69. The van der Waals surface area contributed by atoms with Gasteiger partial charge in [-0.3, -0.25) is 9.59 Å². The Labute approximate surface area is 151 Å². The molecule has 1 aliphatic heterocycles. The van der Waals surface area contributed by atoms with E-state index < -0.39 is 0 Å². The third-order valence-electron chi connectivity index (χ3n) is 4.36. The highest BCUT2D eigenvalue weighted by Crippen LogP contribution is 2.25. The smallest absolute Gasteiger partial charge is 0.253 e. The van der Waals surface area contributed by atoms with E-state index in [-0.39, 0.29) is 24.5 Å². The molecule has 0 spiro atoms. The van der Waals surface area contributed by atoms with Crippen LogP contribution in [0.15, 0.2) is 41.8 Å². The van der Waals surface area contributed by atoms with Crippen LogP contribution in [0.25, 0.3) is 10.4 Å². The lowest BCUT2D eigenvalue weighted by Gasteiger charge is -2.32. The molecule has 0 aliphatic carbocycles. The van der Waals surface area contributed by atoms with E-state index in [4.69, 9.17) is 4.74 Å². The molecule has 0 saturated carbocycles. The second-order valence-electron chi connectivity index (χ2n) is 6.12. The van der Waals surface area contributed by atoms with E-state index >= 15 is 0 Å². The fraction of sp³-hybridized carbons (Fsp3) is 0.368. The van der Waals surface area contributed by atoms with Gasteiger partial charge in [0, 0.05) is 36.7 Å². The molecule has 0 radical (unpaired) electrons. The predicted molar refractivity (Wildman–Crippen MR) is 98.7 cm³/mol. The second kappa shape index (κ2) is 8.27. The average Bonchev–Trinajstić information content (AvgIpc) is 3.17. The van der Waals surface area contributed by atoms with E-state index in [1.807, 2.05) is 40.6 Å². The van der Waals surface area contributed by atoms with Crippen LogP contribution in [-0.4, -0.2) is 49.6 Å². The molecule has 1 aliphatic rings. The number of hydrogen-bond acceptors (Lipinski definition) is 4. The molecule has 2 heterocycles. The van der Waals surface area contributed by atoms with Crippen molar-refractivity contribution in [3.8, 4) is 10.4 Å². The molecule has 2 aromatic rings. The number of amides is 2. The minimum Gasteiger partial charge on any atom is -0.375 e. The van der Waals surface area contributed by atoms with Crippen LogP contribution in [0.5, 0.6) is 0 Å². The first-order valence-corrected chi connectivity index (χ1v) is 9.27. The zero-order valence-corrected chi connectivity index (χ0v) is 15.1. The summed E-state index contributed by atoms with van der Waals surface area (Å²) < 4.78 is 4.82. The average molecular weight is 358 g/mol. The highest BCUT2D eigenvalue weighted by atomic mass is 32.1. The molecule has 1 N–H and O–H groups in total. The molecule has 0 atom stereocenters. The van der Waals surface area contributed by atoms with Crippen LogP contribution in [0.1, 0.15) is 23.2 Å². The van der Waals surface area contributed by atoms with Crippen molar-refractivity contribution in [1.82, 2.24) is 10.2 Å². The normalized spacial score (nSPS) is 15.2. The minimum absolute atomic E-state index is 0.0550. The number of thiophene rings is 1. The van der Waals surface area contributed by atoms with Gasteiger partial charge in [-0.05, 0) is 42.0 Å². The van der Waals surface area contributed by atoms with Gasteiger partial charge in [-0.15, -0.1) is 11.3 Å². The predicted octanol–water partition coefficient (Wildman–Crippen LogP) is 2.78. The van der Waals surface area contributed by atoms with Crippen molar-refractivity contribution in [2.75, 3.05) is 26.8 Å². The van der Waals surface area contributed by atoms with Crippen LogP contribution in [0.2, 0.25) is 0 Å². The number of carbonyl (C=O) groups is 2. The molecule has 25 heavy (non-hydrogen) atoms. The van der Waals surface area contributed by atoms with Gasteiger partial charge in [0.15, 0.2) is 0 Å². The first kappa shape index (κ1) is 17.6. The van der Waals surface area contributed by atoms with E-state index in [0.29, 0.717) is 18.7 Å². The second-order valence-corrected chi connectivity index (χ2v) is 7.07. The summed E-state index contributed by atoms with van der Waals surface area (Å²) in [6, 6.07) is 12.0. The number of carbonyl (C=O) groups excluding carboxylic acids is 2. The van der Waals surface area contributed by atoms with Gasteiger partial charge in [-0.1, -0.05) is 18.2 Å². The largest absolute Gasteiger partial charge is 0.375 e. The van der Waals surface area contributed by atoms with Crippen LogP contribution in [0.4, 0.5) is 0 Å². The summed E-state index contributed by atoms with van der Waals surface area (Å²) in [5, 5.41) is 4.99. The Kier molecular flexibility index (Phi) is 5.83. The summed E-state index contributed by atoms with van der Waals surface area (Å²) in [4.78, 5) is 27.3. The first-order valence-electron chi connectivity index (χ1n) is 8.39. The van der Waals surface area contributed by atoms with Crippen molar-refractivity contribution in [3.63, 3.8) is 0 Å². The number of likely N-dealkylation sites (tertiary alicyclic amines) is 1. The Morgan fingerprint density at radius 1 is 1.20 bits per heavy atom. The number of benzene rings is 1. The van der Waals surface area contributed by atoms with Crippen LogP contribution >= 0.6 is 11.3 Å². The molecule has 1 saturated heterocycles. The Balaban J connectivity index is 1.55. The monoisotopic (exact) mass is 358 g/mol. The molecule has 2 amide bonds. The van der Waals surface area contributed by atoms with Gasteiger partial charge in [-0.2, -0.15) is 0 Å². The van der Waals surface area contributed by atoms with Crippen LogP contribution < -0.4 is 5.32 Å². The van der Waals surface area contributed by atoms with Gasteiger partial charge in [0.05, 0.1) is 0 Å². The number of methoxy groups -OCH3 is 1. The van der Waals surface area contributed by atoms with E-state index in [1.54, 1.807) is 11.3 Å². The van der Waals surface area contributed by atoms with Gasteiger partial charge in [0.1, 0.15) is 6.61 Å². The lowest BCUT2D eigenvalue weighted by molar-refractivity contribution is -0.125. The van der Waals surface area contributed by atoms with Crippen molar-refractivity contribution in [2.45, 2.75) is 18.9 Å². The Bertz CT molecular complexity index is 705. The molecule has 132 valence electrons. The zero-order chi connectivity index (χ0) is 17.6. The number of nitrogens with zero attached hydrogens (tertiary/aromatic N) is 1. The first-order chi connectivity index (χ1) is 12.2. The SMILES string of the molecule is COCC(=O)NC1CCN(C(=O)c2ccc(-c3cccs3)cc2)CC1. The van der Waals surface area contributed by atoms with Crippen molar-refractivity contribution >= 4 is 23.2 Å². The molecule has 1 fully saturated rings. The van der Waals surface area contributed by atoms with Gasteiger partial charge in [-0.25, -0.2) is 0 Å². The summed E-state index contributed by atoms with van der Waals surface area (Å²) in [5.41, 5.74) is 1.84. The summed E-state index contributed by atoms with van der Waals surface area (Å²) in [6.45, 7) is 1.39. The standard InChI is InChI=1S/C19H22N2O3S/c1-24-13-18(22)20-16-8-10-21(11-9-16)19(23)15-6-4-14(5-7-15)17-3-2-12-25-17/h2-7,12,16H,8-11,13H2,1H3,(H,20,22). The third-order valence-corrected chi connectivity index (χ3v) is 5.28. The van der Waals surface area contributed by atoms with E-state index in [9.17, 15) is 9.59 Å². The number of hydrogen-bond donors (Lipinski definition) is 1. The van der Waals surface area contributed by atoms with Gasteiger partial charge in [0.2, 0.25) is 5.91 Å². The molecule has 0 bridgehead atoms. The minimum atomic E-state index is -0.101. The van der Waals surface area contributed by atoms with Gasteiger partial charge >= 0.3 is 0 Å². The number of nitrogens with one attached hydrogen (secondary N) is 1. The zero-order valence-electron chi connectivity index (χ0n) is 14.2. The maximum atomic E-state index is 12.7. The Morgan fingerprint density at radius 2 is 1.92 bits per heavy atom. The molecule has 6 heteroatoms. The van der Waals surface area contributed by atoms with E-state index in [1.165, 1.54) is 12.0 Å². The Morgan fingerprint density at radius 3 is 2.52 bits per heavy atom. The van der Waals surface area contributed by atoms with Crippen molar-refractivity contribution in [3.05, 3.63) is 47.3 Å². The van der Waals surface area contributed by atoms with Gasteiger partial charge < -0.3 is 15.0 Å². The lowest BCUT2D eigenvalue weighted by Crippen LogP contribution is -2.47. The van der Waals surface area contributed by atoms with Gasteiger partial charge in [0.25, 0.3) is 5.91 Å². The molecule has 5 nitrogen and oxygen atoms in total.